The number of nitrogens with one attached hydrogen (secondary N) is 1. The van der Waals surface area contributed by atoms with Crippen LogP contribution in [0.4, 0.5) is 0 Å². The van der Waals surface area contributed by atoms with Crippen molar-refractivity contribution in [3.05, 3.63) is 93.6 Å². The molecule has 0 fully saturated rings. The van der Waals surface area contributed by atoms with Gasteiger partial charge in [-0.2, -0.15) is 0 Å². The van der Waals surface area contributed by atoms with E-state index in [0.717, 1.165) is 38.9 Å². The summed E-state index contributed by atoms with van der Waals surface area (Å²) < 4.78 is 0. The molecule has 0 spiro atoms. The normalized spacial score (nSPS) is 11.1. The predicted molar refractivity (Wildman–Crippen MR) is 114 cm³/mol. The standard InChI is InChI=1S/C23H17Cl2NO2/c24-16-9-10-17(20(25)12-16)15-7-5-14(6-8-15)11-22-19(13-23(27)28)18-3-1-2-4-21(18)26-22/h1-10,12,26H,11,13H2,(H,27,28). The second-order valence-corrected chi connectivity index (χ2v) is 7.54. The predicted octanol–water partition coefficient (Wildman–Crippen LogP) is 6.36. The third-order valence-corrected chi connectivity index (χ3v) is 5.35. The molecular weight excluding hydrogens is 393 g/mol. The van der Waals surface area contributed by atoms with Crippen LogP contribution in [-0.2, 0) is 17.6 Å². The molecule has 0 aliphatic heterocycles. The summed E-state index contributed by atoms with van der Waals surface area (Å²) in [6.07, 6.45) is 0.629. The molecule has 0 saturated carbocycles. The van der Waals surface area contributed by atoms with E-state index in [4.69, 9.17) is 23.2 Å². The highest BCUT2D eigenvalue weighted by Crippen LogP contribution is 2.31. The quantitative estimate of drug-likeness (QED) is 0.402. The van der Waals surface area contributed by atoms with Crippen molar-refractivity contribution in [3.8, 4) is 11.1 Å². The van der Waals surface area contributed by atoms with E-state index in [1.165, 1.54) is 0 Å². The maximum absolute atomic E-state index is 11.3. The van der Waals surface area contributed by atoms with E-state index in [1.54, 1.807) is 6.07 Å². The number of hydrogen-bond acceptors (Lipinski definition) is 1. The fraction of sp³-hybridized carbons (Fsp3) is 0.0870. The highest BCUT2D eigenvalue weighted by atomic mass is 35.5. The van der Waals surface area contributed by atoms with Crippen LogP contribution in [0, 0.1) is 0 Å². The topological polar surface area (TPSA) is 53.1 Å². The van der Waals surface area contributed by atoms with Crippen LogP contribution in [-0.4, -0.2) is 16.1 Å². The third kappa shape index (κ3) is 3.77. The summed E-state index contributed by atoms with van der Waals surface area (Å²) in [5.41, 5.74) is 5.75. The lowest BCUT2D eigenvalue weighted by Gasteiger charge is -2.08. The van der Waals surface area contributed by atoms with E-state index in [-0.39, 0.29) is 6.42 Å². The maximum Gasteiger partial charge on any atom is 0.307 e. The van der Waals surface area contributed by atoms with Gasteiger partial charge in [0.25, 0.3) is 0 Å². The van der Waals surface area contributed by atoms with Crippen LogP contribution in [0.1, 0.15) is 16.8 Å². The van der Waals surface area contributed by atoms with Crippen LogP contribution in [0.15, 0.2) is 66.7 Å². The van der Waals surface area contributed by atoms with Crippen LogP contribution >= 0.6 is 23.2 Å². The fourth-order valence-corrected chi connectivity index (χ4v) is 4.01. The van der Waals surface area contributed by atoms with Gasteiger partial charge < -0.3 is 10.1 Å². The molecule has 5 heteroatoms. The third-order valence-electron chi connectivity index (χ3n) is 4.81. The molecule has 0 saturated heterocycles. The smallest absolute Gasteiger partial charge is 0.307 e. The van der Waals surface area contributed by atoms with Crippen molar-refractivity contribution < 1.29 is 9.90 Å². The number of H-pyrrole nitrogens is 1. The summed E-state index contributed by atoms with van der Waals surface area (Å²) in [6, 6.07) is 21.4. The van der Waals surface area contributed by atoms with Crippen molar-refractivity contribution >= 4 is 40.1 Å². The number of carbonyl (C=O) groups is 1. The van der Waals surface area contributed by atoms with Crippen molar-refractivity contribution in [2.24, 2.45) is 0 Å². The molecule has 0 bridgehead atoms. The average Bonchev–Trinajstić information content (AvgIpc) is 2.99. The Labute approximate surface area is 172 Å². The molecule has 28 heavy (non-hydrogen) atoms. The first-order chi connectivity index (χ1) is 13.5. The van der Waals surface area contributed by atoms with E-state index < -0.39 is 5.97 Å². The molecular formula is C23H17Cl2NO2. The molecule has 4 aromatic rings. The summed E-state index contributed by atoms with van der Waals surface area (Å²) in [5.74, 6) is -0.835. The van der Waals surface area contributed by atoms with Gasteiger partial charge in [-0.05, 0) is 34.9 Å². The molecule has 3 nitrogen and oxygen atoms in total. The van der Waals surface area contributed by atoms with Gasteiger partial charge in [0, 0.05) is 38.6 Å². The Balaban J connectivity index is 1.65. The van der Waals surface area contributed by atoms with E-state index in [2.05, 4.69) is 4.98 Å². The van der Waals surface area contributed by atoms with Gasteiger partial charge in [0.15, 0.2) is 0 Å². The number of carboxylic acid groups (broad SMARTS) is 1. The second kappa shape index (κ2) is 7.70. The molecule has 2 N–H and O–H groups in total. The zero-order valence-electron chi connectivity index (χ0n) is 14.9. The number of halogens is 2. The number of aromatic amines is 1. The number of hydrogen-bond donors (Lipinski definition) is 2. The molecule has 0 atom stereocenters. The zero-order valence-corrected chi connectivity index (χ0v) is 16.4. The fourth-order valence-electron chi connectivity index (χ4n) is 3.49. The minimum Gasteiger partial charge on any atom is -0.481 e. The Morgan fingerprint density at radius 1 is 0.964 bits per heavy atom. The summed E-state index contributed by atoms with van der Waals surface area (Å²) >= 11 is 12.3. The lowest BCUT2D eigenvalue weighted by atomic mass is 9.99. The number of carboxylic acids is 1. The first kappa shape index (κ1) is 18.6. The first-order valence-corrected chi connectivity index (χ1v) is 9.61. The van der Waals surface area contributed by atoms with Crippen LogP contribution in [0.5, 0.6) is 0 Å². The SMILES string of the molecule is O=C(O)Cc1c(Cc2ccc(-c3ccc(Cl)cc3Cl)cc2)[nH]c2ccccc12. The Bertz CT molecular complexity index is 1160. The summed E-state index contributed by atoms with van der Waals surface area (Å²) in [5, 5.41) is 11.5. The number of benzene rings is 3. The lowest BCUT2D eigenvalue weighted by molar-refractivity contribution is -0.136. The highest BCUT2D eigenvalue weighted by molar-refractivity contribution is 6.36. The summed E-state index contributed by atoms with van der Waals surface area (Å²) in [7, 11) is 0. The highest BCUT2D eigenvalue weighted by Gasteiger charge is 2.14. The number of fused-ring (bicyclic) bond motifs is 1. The molecule has 0 unspecified atom stereocenters. The molecule has 0 aliphatic rings. The van der Waals surface area contributed by atoms with Crippen molar-refractivity contribution in [2.75, 3.05) is 0 Å². The lowest BCUT2D eigenvalue weighted by Crippen LogP contribution is -2.03. The van der Waals surface area contributed by atoms with Gasteiger partial charge in [0.1, 0.15) is 0 Å². The van der Waals surface area contributed by atoms with Crippen LogP contribution in [0.2, 0.25) is 10.0 Å². The van der Waals surface area contributed by atoms with Gasteiger partial charge in [-0.15, -0.1) is 0 Å². The zero-order chi connectivity index (χ0) is 19.7. The van der Waals surface area contributed by atoms with Crippen molar-refractivity contribution in [3.63, 3.8) is 0 Å². The van der Waals surface area contributed by atoms with Crippen molar-refractivity contribution in [1.82, 2.24) is 4.98 Å². The monoisotopic (exact) mass is 409 g/mol. The average molecular weight is 410 g/mol. The Morgan fingerprint density at radius 2 is 1.71 bits per heavy atom. The van der Waals surface area contributed by atoms with Crippen molar-refractivity contribution in [2.45, 2.75) is 12.8 Å². The number of para-hydroxylation sites is 1. The molecule has 0 aliphatic carbocycles. The molecule has 4 rings (SSSR count). The van der Waals surface area contributed by atoms with Gasteiger partial charge in [-0.1, -0.05) is 71.7 Å². The molecule has 0 amide bonds. The molecule has 1 heterocycles. The number of aliphatic carboxylic acids is 1. The first-order valence-electron chi connectivity index (χ1n) is 8.86. The van der Waals surface area contributed by atoms with Crippen LogP contribution < -0.4 is 0 Å². The number of aromatic nitrogens is 1. The van der Waals surface area contributed by atoms with E-state index in [0.29, 0.717) is 16.5 Å². The van der Waals surface area contributed by atoms with Gasteiger partial charge in [0.05, 0.1) is 6.42 Å². The Kier molecular flexibility index (Phi) is 5.12. The molecule has 1 aromatic heterocycles. The molecule has 0 radical (unpaired) electrons. The summed E-state index contributed by atoms with van der Waals surface area (Å²) in [4.78, 5) is 14.7. The van der Waals surface area contributed by atoms with Crippen LogP contribution in [0.3, 0.4) is 0 Å². The van der Waals surface area contributed by atoms with Gasteiger partial charge in [-0.3, -0.25) is 4.79 Å². The minimum absolute atomic E-state index is 0.00217. The van der Waals surface area contributed by atoms with Gasteiger partial charge in [-0.25, -0.2) is 0 Å². The van der Waals surface area contributed by atoms with Gasteiger partial charge >= 0.3 is 5.97 Å². The van der Waals surface area contributed by atoms with E-state index in [9.17, 15) is 9.90 Å². The van der Waals surface area contributed by atoms with Gasteiger partial charge in [0.2, 0.25) is 0 Å². The van der Waals surface area contributed by atoms with E-state index in [1.807, 2.05) is 60.7 Å². The maximum atomic E-state index is 11.3. The minimum atomic E-state index is -0.835. The Morgan fingerprint density at radius 3 is 2.43 bits per heavy atom. The Hall–Kier alpha value is -2.75. The van der Waals surface area contributed by atoms with Crippen molar-refractivity contribution in [1.29, 1.82) is 0 Å². The largest absolute Gasteiger partial charge is 0.481 e. The number of rotatable bonds is 5. The summed E-state index contributed by atoms with van der Waals surface area (Å²) in [6.45, 7) is 0. The second-order valence-electron chi connectivity index (χ2n) is 6.70. The van der Waals surface area contributed by atoms with Crippen LogP contribution in [0.25, 0.3) is 22.0 Å². The van der Waals surface area contributed by atoms with E-state index >= 15 is 0 Å². The molecule has 140 valence electrons. The molecule has 3 aromatic carbocycles.